The van der Waals surface area contributed by atoms with Gasteiger partial charge in [-0.15, -0.1) is 0 Å². The minimum atomic E-state index is -0.614. The van der Waals surface area contributed by atoms with Crippen LogP contribution in [-0.2, 0) is 12.5 Å². The van der Waals surface area contributed by atoms with Crippen LogP contribution >= 0.6 is 0 Å². The number of carbonyl (C=O) groups excluding carboxylic acids is 1. The third kappa shape index (κ3) is 5.18. The third-order valence-electron chi connectivity index (χ3n) is 6.01. The molecule has 0 radical (unpaired) electrons. The van der Waals surface area contributed by atoms with Gasteiger partial charge in [-0.2, -0.15) is 10.2 Å². The Morgan fingerprint density at radius 3 is 2.47 bits per heavy atom. The Morgan fingerprint density at radius 1 is 1.11 bits per heavy atom. The molecule has 2 aromatic heterocycles. The van der Waals surface area contributed by atoms with E-state index in [0.29, 0.717) is 22.6 Å². The van der Waals surface area contributed by atoms with E-state index in [-0.39, 0.29) is 18.0 Å². The van der Waals surface area contributed by atoms with Crippen molar-refractivity contribution in [2.75, 3.05) is 17.2 Å². The molecule has 0 aliphatic carbocycles. The van der Waals surface area contributed by atoms with Crippen molar-refractivity contribution in [2.24, 2.45) is 7.05 Å². The van der Waals surface area contributed by atoms with Gasteiger partial charge in [-0.25, -0.2) is 9.49 Å². The van der Waals surface area contributed by atoms with Gasteiger partial charge in [-0.1, -0.05) is 26.0 Å². The van der Waals surface area contributed by atoms with E-state index in [0.717, 1.165) is 11.3 Å². The van der Waals surface area contributed by atoms with Gasteiger partial charge >= 0.3 is 0 Å². The molecule has 36 heavy (non-hydrogen) atoms. The molecule has 0 unspecified atom stereocenters. The van der Waals surface area contributed by atoms with E-state index in [9.17, 15) is 19.1 Å². The molecule has 0 aliphatic rings. The van der Waals surface area contributed by atoms with Crippen molar-refractivity contribution in [1.29, 1.82) is 0 Å². The molecule has 9 nitrogen and oxygen atoms in total. The van der Waals surface area contributed by atoms with Gasteiger partial charge in [0.1, 0.15) is 11.5 Å². The summed E-state index contributed by atoms with van der Waals surface area (Å²) >= 11 is 0. The number of anilines is 3. The number of hydrogen-bond acceptors (Lipinski definition) is 6. The van der Waals surface area contributed by atoms with Gasteiger partial charge in [0.05, 0.1) is 18.0 Å². The number of aliphatic hydroxyl groups is 1. The Morgan fingerprint density at radius 2 is 1.83 bits per heavy atom. The fourth-order valence-electron chi connectivity index (χ4n) is 3.55. The Hall–Kier alpha value is -4.31. The highest BCUT2D eigenvalue weighted by atomic mass is 19.1. The van der Waals surface area contributed by atoms with Crippen LogP contribution in [0.2, 0.25) is 0 Å². The minimum absolute atomic E-state index is 0.0277. The molecule has 0 saturated carbocycles. The zero-order chi connectivity index (χ0) is 26.0. The first-order valence-electron chi connectivity index (χ1n) is 11.3. The maximum absolute atomic E-state index is 14.6. The van der Waals surface area contributed by atoms with Crippen molar-refractivity contribution >= 4 is 23.1 Å². The molecule has 0 atom stereocenters. The fraction of sp³-hybridized carbons (Fsp3) is 0.231. The second kappa shape index (κ2) is 9.74. The molecule has 4 rings (SSSR count). The fourth-order valence-corrected chi connectivity index (χ4v) is 3.55. The molecular weight excluding hydrogens is 463 g/mol. The number of aromatic amines is 1. The van der Waals surface area contributed by atoms with E-state index in [4.69, 9.17) is 0 Å². The van der Waals surface area contributed by atoms with Crippen LogP contribution in [-0.4, -0.2) is 37.6 Å². The molecule has 2 aromatic carbocycles. The largest absolute Gasteiger partial charge is 0.395 e. The quantitative estimate of drug-likeness (QED) is 0.312. The lowest BCUT2D eigenvalue weighted by molar-refractivity contribution is 0.102. The molecule has 0 fully saturated rings. The van der Waals surface area contributed by atoms with Crippen LogP contribution in [0, 0.1) is 12.7 Å². The first-order valence-corrected chi connectivity index (χ1v) is 11.3. The number of nitrogens with zero attached hydrogens (tertiary/aromatic N) is 3. The molecule has 186 valence electrons. The molecule has 0 spiro atoms. The molecular formula is C26H27FN6O3. The van der Waals surface area contributed by atoms with Gasteiger partial charge in [0.25, 0.3) is 11.5 Å². The van der Waals surface area contributed by atoms with Gasteiger partial charge < -0.3 is 15.7 Å². The summed E-state index contributed by atoms with van der Waals surface area (Å²) in [6.07, 6.45) is 0. The zero-order valence-corrected chi connectivity index (χ0v) is 20.4. The Bertz CT molecular complexity index is 1450. The van der Waals surface area contributed by atoms with Crippen molar-refractivity contribution in [2.45, 2.75) is 26.2 Å². The monoisotopic (exact) mass is 490 g/mol. The summed E-state index contributed by atoms with van der Waals surface area (Å²) in [6, 6.07) is 14.3. The van der Waals surface area contributed by atoms with Crippen molar-refractivity contribution in [3.63, 3.8) is 0 Å². The number of hydrogen-bond donors (Lipinski definition) is 4. The van der Waals surface area contributed by atoms with Crippen molar-refractivity contribution in [1.82, 2.24) is 20.0 Å². The van der Waals surface area contributed by atoms with Crippen LogP contribution in [0.5, 0.6) is 0 Å². The number of rotatable bonds is 7. The highest BCUT2D eigenvalue weighted by Crippen LogP contribution is 2.26. The topological polar surface area (TPSA) is 125 Å². The minimum Gasteiger partial charge on any atom is -0.395 e. The number of H-pyrrole nitrogens is 1. The SMILES string of the molecule is Cc1cc(Nc2cc(-c3ccc(F)c(NC(=O)c4ccc(C(C)(C)CO)cc4)c3)n[nH]c2=O)nn1C. The number of aliphatic hydroxyl groups excluding tert-OH is 1. The number of aromatic nitrogens is 4. The molecule has 0 bridgehead atoms. The first kappa shape index (κ1) is 24.8. The lowest BCUT2D eigenvalue weighted by atomic mass is 9.85. The van der Waals surface area contributed by atoms with E-state index in [1.54, 1.807) is 42.1 Å². The van der Waals surface area contributed by atoms with Crippen molar-refractivity contribution in [3.8, 4) is 11.3 Å². The summed E-state index contributed by atoms with van der Waals surface area (Å²) in [5.74, 6) is -0.600. The second-order valence-corrected chi connectivity index (χ2v) is 9.18. The standard InChI is InChI=1S/C26H27FN6O3/c1-15-11-23(32-33(15)4)28-22-13-20(30-31-25(22)36)17-7-10-19(27)21(12-17)29-24(35)16-5-8-18(9-6-16)26(2,3)14-34/h5-13,34H,14H2,1-4H3,(H,29,35)(H,31,36)(H,28,30,32). The summed E-state index contributed by atoms with van der Waals surface area (Å²) in [4.78, 5) is 25.0. The zero-order valence-electron chi connectivity index (χ0n) is 20.4. The third-order valence-corrected chi connectivity index (χ3v) is 6.01. The van der Waals surface area contributed by atoms with E-state index < -0.39 is 22.7 Å². The van der Waals surface area contributed by atoms with E-state index in [1.165, 1.54) is 24.3 Å². The maximum Gasteiger partial charge on any atom is 0.287 e. The predicted octanol–water partition coefficient (Wildman–Crippen LogP) is 3.88. The molecule has 4 aromatic rings. The number of amides is 1. The van der Waals surface area contributed by atoms with Crippen molar-refractivity contribution < 1.29 is 14.3 Å². The molecule has 0 saturated heterocycles. The average Bonchev–Trinajstić information content (AvgIpc) is 3.18. The Labute approximate surface area is 207 Å². The number of halogens is 1. The van der Waals surface area contributed by atoms with Crippen molar-refractivity contribution in [3.05, 3.63) is 87.6 Å². The second-order valence-electron chi connectivity index (χ2n) is 9.18. The molecule has 2 heterocycles. The van der Waals surface area contributed by atoms with E-state index >= 15 is 0 Å². The number of benzene rings is 2. The maximum atomic E-state index is 14.6. The van der Waals surface area contributed by atoms with Gasteiger partial charge in [-0.3, -0.25) is 14.3 Å². The molecule has 4 N–H and O–H groups in total. The highest BCUT2D eigenvalue weighted by molar-refractivity contribution is 6.04. The highest BCUT2D eigenvalue weighted by Gasteiger charge is 2.20. The number of nitrogens with one attached hydrogen (secondary N) is 3. The van der Waals surface area contributed by atoms with E-state index in [2.05, 4.69) is 25.9 Å². The molecule has 10 heteroatoms. The average molecular weight is 491 g/mol. The van der Waals surface area contributed by atoms with Crippen LogP contribution in [0.1, 0.15) is 35.5 Å². The van der Waals surface area contributed by atoms with E-state index in [1.807, 2.05) is 20.8 Å². The van der Waals surface area contributed by atoms with Crippen LogP contribution in [0.15, 0.2) is 59.4 Å². The van der Waals surface area contributed by atoms with Gasteiger partial charge in [0.2, 0.25) is 0 Å². The van der Waals surface area contributed by atoms with Crippen LogP contribution in [0.4, 0.5) is 21.6 Å². The summed E-state index contributed by atoms with van der Waals surface area (Å²) in [5.41, 5.74) is 2.31. The lowest BCUT2D eigenvalue weighted by Crippen LogP contribution is -2.22. The van der Waals surface area contributed by atoms with Crippen LogP contribution in [0.3, 0.4) is 0 Å². The number of aryl methyl sites for hydroxylation is 2. The van der Waals surface area contributed by atoms with Gasteiger partial charge in [0.15, 0.2) is 5.82 Å². The Balaban J connectivity index is 1.57. The predicted molar refractivity (Wildman–Crippen MR) is 136 cm³/mol. The molecule has 0 aliphatic heterocycles. The number of carbonyl (C=O) groups is 1. The first-order chi connectivity index (χ1) is 17.1. The van der Waals surface area contributed by atoms with Crippen LogP contribution < -0.4 is 16.2 Å². The molecule has 1 amide bonds. The lowest BCUT2D eigenvalue weighted by Gasteiger charge is -2.22. The van der Waals surface area contributed by atoms with Crippen LogP contribution in [0.25, 0.3) is 11.3 Å². The van der Waals surface area contributed by atoms with Gasteiger partial charge in [-0.05, 0) is 48.9 Å². The summed E-state index contributed by atoms with van der Waals surface area (Å²) in [6.45, 7) is 5.64. The van der Waals surface area contributed by atoms with Gasteiger partial charge in [0, 0.05) is 35.3 Å². The summed E-state index contributed by atoms with van der Waals surface area (Å²) in [5, 5.41) is 25.9. The smallest absolute Gasteiger partial charge is 0.287 e. The normalized spacial score (nSPS) is 11.4. The Kier molecular flexibility index (Phi) is 6.71. The summed E-state index contributed by atoms with van der Waals surface area (Å²) in [7, 11) is 1.79. The summed E-state index contributed by atoms with van der Waals surface area (Å²) < 4.78 is 16.2.